The number of hydrogen-bond acceptors (Lipinski definition) is 4. The second-order valence-corrected chi connectivity index (χ2v) is 12.9. The van der Waals surface area contributed by atoms with Crippen molar-refractivity contribution in [2.45, 2.75) is 83.3 Å². The Hall–Kier alpha value is -3.65. The standard InChI is InChI=1S/C33H41N3O4S/c1-5-31(33(38)34-28-15-11-12-16-28)35(22-27-14-10-9-13-26(27)4)32(37)23-36(29-20-24(2)19-25(3)21-29)41(39,40)30-17-7-6-8-18-30/h6-10,13-14,17-21,28,31H,5,11-12,15-16,22-23H2,1-4H3,(H,34,38)/t31-/m0/s1. The quantitative estimate of drug-likeness (QED) is 0.319. The van der Waals surface area contributed by atoms with Crippen molar-refractivity contribution in [3.8, 4) is 0 Å². The Morgan fingerprint density at radius 1 is 0.902 bits per heavy atom. The summed E-state index contributed by atoms with van der Waals surface area (Å²) in [6.45, 7) is 7.43. The van der Waals surface area contributed by atoms with E-state index in [1.165, 1.54) is 16.4 Å². The first-order valence-corrected chi connectivity index (χ1v) is 15.8. The van der Waals surface area contributed by atoms with Crippen molar-refractivity contribution in [2.75, 3.05) is 10.8 Å². The highest BCUT2D eigenvalue weighted by molar-refractivity contribution is 7.92. The highest BCUT2D eigenvalue weighted by atomic mass is 32.2. The van der Waals surface area contributed by atoms with Crippen LogP contribution in [0.25, 0.3) is 0 Å². The minimum absolute atomic E-state index is 0.100. The normalized spacial score (nSPS) is 14.4. The van der Waals surface area contributed by atoms with Crippen LogP contribution in [0.15, 0.2) is 77.7 Å². The predicted octanol–water partition coefficient (Wildman–Crippen LogP) is 5.67. The summed E-state index contributed by atoms with van der Waals surface area (Å²) in [5, 5.41) is 3.16. The lowest BCUT2D eigenvalue weighted by Crippen LogP contribution is -2.53. The van der Waals surface area contributed by atoms with Crippen LogP contribution in [-0.2, 0) is 26.2 Å². The molecule has 3 aromatic rings. The Kier molecular flexibility index (Phi) is 9.86. The first-order chi connectivity index (χ1) is 19.6. The number of nitrogens with zero attached hydrogens (tertiary/aromatic N) is 2. The van der Waals surface area contributed by atoms with Gasteiger partial charge in [-0.05, 0) is 86.6 Å². The number of anilines is 1. The Labute approximate surface area is 244 Å². The first-order valence-electron chi connectivity index (χ1n) is 14.4. The minimum Gasteiger partial charge on any atom is -0.352 e. The van der Waals surface area contributed by atoms with Gasteiger partial charge in [-0.25, -0.2) is 8.42 Å². The molecular weight excluding hydrogens is 534 g/mol. The molecule has 41 heavy (non-hydrogen) atoms. The van der Waals surface area contributed by atoms with Crippen molar-refractivity contribution >= 4 is 27.5 Å². The van der Waals surface area contributed by atoms with Crippen LogP contribution < -0.4 is 9.62 Å². The van der Waals surface area contributed by atoms with E-state index in [2.05, 4.69) is 5.32 Å². The average Bonchev–Trinajstić information content (AvgIpc) is 3.45. The van der Waals surface area contributed by atoms with Gasteiger partial charge in [0.05, 0.1) is 10.6 Å². The molecule has 1 aliphatic carbocycles. The average molecular weight is 576 g/mol. The summed E-state index contributed by atoms with van der Waals surface area (Å²) in [6.07, 6.45) is 4.43. The molecule has 1 fully saturated rings. The Balaban J connectivity index is 1.74. The summed E-state index contributed by atoms with van der Waals surface area (Å²) in [6, 6.07) is 20.8. The minimum atomic E-state index is -4.08. The molecule has 8 heteroatoms. The highest BCUT2D eigenvalue weighted by Gasteiger charge is 2.34. The number of aryl methyl sites for hydroxylation is 3. The maximum absolute atomic E-state index is 14.3. The summed E-state index contributed by atoms with van der Waals surface area (Å²) in [7, 11) is -4.08. The number of carbonyl (C=O) groups excluding carboxylic acids is 2. The molecule has 0 aliphatic heterocycles. The first kappa shape index (κ1) is 30.3. The molecule has 7 nitrogen and oxygen atoms in total. The van der Waals surface area contributed by atoms with E-state index in [1.54, 1.807) is 35.2 Å². The molecule has 0 saturated heterocycles. The Bertz CT molecular complexity index is 1450. The highest BCUT2D eigenvalue weighted by Crippen LogP contribution is 2.27. The summed E-state index contributed by atoms with van der Waals surface area (Å²) in [4.78, 5) is 29.5. The largest absolute Gasteiger partial charge is 0.352 e. The lowest BCUT2D eigenvalue weighted by molar-refractivity contribution is -0.140. The molecular formula is C33H41N3O4S. The molecule has 1 aliphatic rings. The number of carbonyl (C=O) groups is 2. The molecule has 0 bridgehead atoms. The number of benzene rings is 3. The van der Waals surface area contributed by atoms with E-state index in [-0.39, 0.29) is 23.4 Å². The number of rotatable bonds is 11. The summed E-state index contributed by atoms with van der Waals surface area (Å²) in [5.41, 5.74) is 4.11. The fourth-order valence-electron chi connectivity index (χ4n) is 5.60. The van der Waals surface area contributed by atoms with Crippen LogP contribution in [0.3, 0.4) is 0 Å². The van der Waals surface area contributed by atoms with Gasteiger partial charge in [0.1, 0.15) is 12.6 Å². The van der Waals surface area contributed by atoms with Crippen molar-refractivity contribution < 1.29 is 18.0 Å². The van der Waals surface area contributed by atoms with Crippen LogP contribution in [-0.4, -0.2) is 43.8 Å². The van der Waals surface area contributed by atoms with Crippen LogP contribution in [0.2, 0.25) is 0 Å². The molecule has 3 aromatic carbocycles. The monoisotopic (exact) mass is 575 g/mol. The van der Waals surface area contributed by atoms with Gasteiger partial charge in [0.2, 0.25) is 11.8 Å². The molecule has 218 valence electrons. The molecule has 0 spiro atoms. The third kappa shape index (κ3) is 7.36. The molecule has 0 unspecified atom stereocenters. The molecule has 0 radical (unpaired) electrons. The molecule has 1 saturated carbocycles. The number of amides is 2. The third-order valence-corrected chi connectivity index (χ3v) is 9.58. The maximum Gasteiger partial charge on any atom is 0.264 e. The molecule has 0 aromatic heterocycles. The van der Waals surface area contributed by atoms with Crippen LogP contribution >= 0.6 is 0 Å². The topological polar surface area (TPSA) is 86.8 Å². The predicted molar refractivity (Wildman–Crippen MR) is 163 cm³/mol. The van der Waals surface area contributed by atoms with Crippen LogP contribution in [0.5, 0.6) is 0 Å². The van der Waals surface area contributed by atoms with Crippen LogP contribution in [0.1, 0.15) is 61.3 Å². The second-order valence-electron chi connectivity index (χ2n) is 11.0. The van der Waals surface area contributed by atoms with Gasteiger partial charge >= 0.3 is 0 Å². The maximum atomic E-state index is 14.3. The number of hydrogen-bond donors (Lipinski definition) is 1. The smallest absolute Gasteiger partial charge is 0.264 e. The molecule has 2 amide bonds. The van der Waals surface area contributed by atoms with Crippen molar-refractivity contribution in [1.29, 1.82) is 0 Å². The Morgan fingerprint density at radius 3 is 2.12 bits per heavy atom. The third-order valence-electron chi connectivity index (χ3n) is 7.79. The van der Waals surface area contributed by atoms with Gasteiger partial charge in [-0.2, -0.15) is 0 Å². The van der Waals surface area contributed by atoms with Crippen molar-refractivity contribution in [2.24, 2.45) is 0 Å². The Morgan fingerprint density at radius 2 is 1.51 bits per heavy atom. The van der Waals surface area contributed by atoms with E-state index in [4.69, 9.17) is 0 Å². The molecule has 4 rings (SSSR count). The van der Waals surface area contributed by atoms with Gasteiger partial charge in [-0.3, -0.25) is 13.9 Å². The van der Waals surface area contributed by atoms with E-state index < -0.39 is 28.5 Å². The van der Waals surface area contributed by atoms with Crippen molar-refractivity contribution in [3.63, 3.8) is 0 Å². The van der Waals surface area contributed by atoms with E-state index in [0.29, 0.717) is 12.1 Å². The van der Waals surface area contributed by atoms with Gasteiger partial charge in [0.15, 0.2) is 0 Å². The van der Waals surface area contributed by atoms with E-state index in [9.17, 15) is 18.0 Å². The number of nitrogens with one attached hydrogen (secondary N) is 1. The van der Waals surface area contributed by atoms with Crippen LogP contribution in [0.4, 0.5) is 5.69 Å². The van der Waals surface area contributed by atoms with E-state index in [1.807, 2.05) is 58.0 Å². The van der Waals surface area contributed by atoms with E-state index >= 15 is 0 Å². The molecule has 1 atom stereocenters. The zero-order chi connectivity index (χ0) is 29.6. The van der Waals surface area contributed by atoms with Crippen molar-refractivity contribution in [3.05, 3.63) is 95.1 Å². The van der Waals surface area contributed by atoms with Gasteiger partial charge in [0, 0.05) is 12.6 Å². The summed E-state index contributed by atoms with van der Waals surface area (Å²) in [5.74, 6) is -0.620. The zero-order valence-electron chi connectivity index (χ0n) is 24.5. The summed E-state index contributed by atoms with van der Waals surface area (Å²) >= 11 is 0. The van der Waals surface area contributed by atoms with Gasteiger partial charge in [0.25, 0.3) is 10.0 Å². The lowest BCUT2D eigenvalue weighted by Gasteiger charge is -2.34. The number of sulfonamides is 1. The van der Waals surface area contributed by atoms with Crippen LogP contribution in [0, 0.1) is 20.8 Å². The SMILES string of the molecule is CC[C@@H](C(=O)NC1CCCC1)N(Cc1ccccc1C)C(=O)CN(c1cc(C)cc(C)c1)S(=O)(=O)c1ccccc1. The lowest BCUT2D eigenvalue weighted by atomic mass is 10.1. The molecule has 0 heterocycles. The summed E-state index contributed by atoms with van der Waals surface area (Å²) < 4.78 is 29.2. The van der Waals surface area contributed by atoms with Gasteiger partial charge in [-0.1, -0.05) is 68.3 Å². The van der Waals surface area contributed by atoms with Gasteiger partial charge in [-0.15, -0.1) is 0 Å². The fraction of sp³-hybridized carbons (Fsp3) is 0.394. The molecule has 1 N–H and O–H groups in total. The second kappa shape index (κ2) is 13.3. The van der Waals surface area contributed by atoms with E-state index in [0.717, 1.165) is 47.9 Å². The zero-order valence-corrected chi connectivity index (χ0v) is 25.3. The van der Waals surface area contributed by atoms with Gasteiger partial charge < -0.3 is 10.2 Å². The fourth-order valence-corrected chi connectivity index (χ4v) is 7.02. The van der Waals surface area contributed by atoms with Crippen molar-refractivity contribution in [1.82, 2.24) is 10.2 Å².